The van der Waals surface area contributed by atoms with Crippen LogP contribution in [0.4, 0.5) is 0 Å². The quantitative estimate of drug-likeness (QED) is 0.550. The Morgan fingerprint density at radius 1 is 1.50 bits per heavy atom. The van der Waals surface area contributed by atoms with E-state index in [0.29, 0.717) is 29.8 Å². The molecular weight excluding hydrogens is 278 g/mol. The van der Waals surface area contributed by atoms with Crippen LogP contribution >= 0.6 is 0 Å². The van der Waals surface area contributed by atoms with Crippen LogP contribution in [0.3, 0.4) is 0 Å². The molecule has 0 unspecified atom stereocenters. The summed E-state index contributed by atoms with van der Waals surface area (Å²) in [4.78, 5) is 15.6. The van der Waals surface area contributed by atoms with Crippen LogP contribution in [0.1, 0.15) is 46.0 Å². The lowest BCUT2D eigenvalue weighted by atomic mass is 9.52. The summed E-state index contributed by atoms with van der Waals surface area (Å²) < 4.78 is 0. The van der Waals surface area contributed by atoms with Crippen molar-refractivity contribution in [2.45, 2.75) is 46.0 Å². The van der Waals surface area contributed by atoms with E-state index in [0.717, 1.165) is 19.4 Å². The van der Waals surface area contributed by atoms with Crippen LogP contribution in [0.2, 0.25) is 0 Å². The predicted molar refractivity (Wildman–Crippen MR) is 86.5 cm³/mol. The third-order valence-electron chi connectivity index (χ3n) is 6.97. The van der Waals surface area contributed by atoms with Crippen molar-refractivity contribution in [3.63, 3.8) is 0 Å². The Kier molecular flexibility index (Phi) is 3.49. The van der Waals surface area contributed by atoms with Crippen molar-refractivity contribution in [3.8, 4) is 0 Å². The average Bonchev–Trinajstić information content (AvgIpc) is 2.92. The molecule has 4 N–H and O–H groups in total. The second-order valence-corrected chi connectivity index (χ2v) is 7.49. The first-order valence-corrected chi connectivity index (χ1v) is 8.28. The summed E-state index contributed by atoms with van der Waals surface area (Å²) in [6, 6.07) is 0. The number of guanidine groups is 1. The summed E-state index contributed by atoms with van der Waals surface area (Å²) in [5, 5.41) is 12.9. The van der Waals surface area contributed by atoms with E-state index in [4.69, 9.17) is 5.73 Å². The van der Waals surface area contributed by atoms with Crippen molar-refractivity contribution in [3.05, 3.63) is 11.1 Å². The molecule has 3 rings (SSSR count). The van der Waals surface area contributed by atoms with Crippen molar-refractivity contribution in [2.75, 3.05) is 13.6 Å². The van der Waals surface area contributed by atoms with Crippen LogP contribution in [0.25, 0.3) is 0 Å². The van der Waals surface area contributed by atoms with Gasteiger partial charge >= 0.3 is 5.97 Å². The molecule has 0 heterocycles. The number of fused-ring (bicyclic) bond motifs is 1. The highest BCUT2D eigenvalue weighted by Crippen LogP contribution is 2.72. The summed E-state index contributed by atoms with van der Waals surface area (Å²) >= 11 is 0. The van der Waals surface area contributed by atoms with Crippen molar-refractivity contribution in [1.29, 1.82) is 0 Å². The fraction of sp³-hybridized carbons (Fsp3) is 0.765. The van der Waals surface area contributed by atoms with Gasteiger partial charge in [0.1, 0.15) is 0 Å². The third-order valence-corrected chi connectivity index (χ3v) is 6.97. The third kappa shape index (κ3) is 1.77. The van der Waals surface area contributed by atoms with Gasteiger partial charge in [0, 0.05) is 24.6 Å². The van der Waals surface area contributed by atoms with E-state index in [1.165, 1.54) is 18.4 Å². The van der Waals surface area contributed by atoms with Crippen molar-refractivity contribution >= 4 is 11.9 Å². The number of nitrogens with one attached hydrogen (secondary N) is 1. The number of carbonyl (C=O) groups is 1. The van der Waals surface area contributed by atoms with E-state index < -0.39 is 5.97 Å². The molecule has 122 valence electrons. The molecule has 0 aliphatic heterocycles. The second kappa shape index (κ2) is 5.00. The average molecular weight is 305 g/mol. The number of nitrogens with zero attached hydrogens (tertiary/aromatic N) is 1. The number of hydrogen-bond donors (Lipinski definition) is 3. The van der Waals surface area contributed by atoms with Gasteiger partial charge in [-0.15, -0.1) is 0 Å². The van der Waals surface area contributed by atoms with Gasteiger partial charge in [-0.2, -0.15) is 0 Å². The highest BCUT2D eigenvalue weighted by atomic mass is 16.4. The van der Waals surface area contributed by atoms with E-state index in [2.05, 4.69) is 24.2 Å². The minimum absolute atomic E-state index is 0.0324. The molecule has 2 saturated carbocycles. The minimum atomic E-state index is -0.712. The first kappa shape index (κ1) is 15.4. The maximum Gasteiger partial charge on any atom is 0.331 e. The first-order chi connectivity index (χ1) is 10.4. The highest BCUT2D eigenvalue weighted by molar-refractivity contribution is 5.89. The molecule has 22 heavy (non-hydrogen) atoms. The Hall–Kier alpha value is -1.52. The molecule has 2 fully saturated rings. The van der Waals surface area contributed by atoms with Gasteiger partial charge in [-0.1, -0.05) is 19.4 Å². The maximum atomic E-state index is 11.6. The molecule has 2 bridgehead atoms. The van der Waals surface area contributed by atoms with Crippen molar-refractivity contribution in [1.82, 2.24) is 5.32 Å². The smallest absolute Gasteiger partial charge is 0.331 e. The van der Waals surface area contributed by atoms with Crippen LogP contribution in [-0.2, 0) is 4.79 Å². The van der Waals surface area contributed by atoms with E-state index in [-0.39, 0.29) is 10.8 Å². The Balaban J connectivity index is 2.03. The molecule has 0 amide bonds. The zero-order valence-corrected chi connectivity index (χ0v) is 13.8. The van der Waals surface area contributed by atoms with Gasteiger partial charge in [-0.25, -0.2) is 4.79 Å². The molecule has 0 aromatic heterocycles. The van der Waals surface area contributed by atoms with Crippen LogP contribution in [0.15, 0.2) is 16.1 Å². The Labute approximate surface area is 132 Å². The fourth-order valence-electron chi connectivity index (χ4n) is 5.78. The van der Waals surface area contributed by atoms with Crippen molar-refractivity contribution in [2.24, 2.45) is 33.4 Å². The molecule has 3 aliphatic carbocycles. The second-order valence-electron chi connectivity index (χ2n) is 7.49. The number of hydrogen-bond acceptors (Lipinski definition) is 2. The van der Waals surface area contributed by atoms with Gasteiger partial charge in [0.2, 0.25) is 0 Å². The number of nitrogens with two attached hydrogens (primary N) is 1. The predicted octanol–water partition coefficient (Wildman–Crippen LogP) is 2.14. The first-order valence-electron chi connectivity index (χ1n) is 8.28. The summed E-state index contributed by atoms with van der Waals surface area (Å²) in [7, 11) is 1.69. The Morgan fingerprint density at radius 3 is 2.86 bits per heavy atom. The van der Waals surface area contributed by atoms with Crippen LogP contribution in [-0.4, -0.2) is 30.6 Å². The summed E-state index contributed by atoms with van der Waals surface area (Å²) in [5.41, 5.74) is 7.87. The van der Waals surface area contributed by atoms with Gasteiger partial charge < -0.3 is 16.2 Å². The monoisotopic (exact) mass is 305 g/mol. The zero-order valence-electron chi connectivity index (χ0n) is 13.8. The number of carboxylic acid groups (broad SMARTS) is 1. The number of allylic oxidation sites excluding steroid dienone is 1. The SMILES string of the molecule is CN=C(N)NC[C@]1(C)[C@@H]2CC[C@@H](C)[C@]13CCC(C(=O)O)=C3C2. The summed E-state index contributed by atoms with van der Waals surface area (Å²) in [6.07, 6.45) is 5.03. The number of carboxylic acids is 1. The molecule has 5 nitrogen and oxygen atoms in total. The lowest BCUT2D eigenvalue weighted by molar-refractivity contribution is -0.132. The Bertz CT molecular complexity index is 568. The molecule has 0 saturated heterocycles. The fourth-order valence-corrected chi connectivity index (χ4v) is 5.78. The minimum Gasteiger partial charge on any atom is -0.478 e. The van der Waals surface area contributed by atoms with Crippen LogP contribution < -0.4 is 11.1 Å². The topological polar surface area (TPSA) is 87.7 Å². The normalized spacial score (nSPS) is 40.8. The van der Waals surface area contributed by atoms with Gasteiger partial charge in [0.25, 0.3) is 0 Å². The van der Waals surface area contributed by atoms with E-state index in [1.54, 1.807) is 7.05 Å². The Morgan fingerprint density at radius 2 is 2.23 bits per heavy atom. The van der Waals surface area contributed by atoms with Gasteiger partial charge in [-0.3, -0.25) is 4.99 Å². The zero-order chi connectivity index (χ0) is 16.1. The van der Waals surface area contributed by atoms with Crippen LogP contribution in [0, 0.1) is 22.7 Å². The lowest BCUT2D eigenvalue weighted by Crippen LogP contribution is -2.53. The standard InChI is InChI=1S/C17H27N3O2/c1-10-4-5-11-8-13-12(14(21)22)6-7-17(10,13)16(11,2)9-20-15(18)19-3/h10-11H,4-9H2,1-3H3,(H,21,22)(H3,18,19,20)/t10-,11-,16-,17+/m1/s1. The number of aliphatic imine (C=N–C) groups is 1. The summed E-state index contributed by atoms with van der Waals surface area (Å²) in [5.74, 6) is 0.837. The molecule has 5 heteroatoms. The highest BCUT2D eigenvalue weighted by Gasteiger charge is 2.66. The van der Waals surface area contributed by atoms with Gasteiger partial charge in [0.05, 0.1) is 0 Å². The van der Waals surface area contributed by atoms with E-state index in [9.17, 15) is 9.90 Å². The largest absolute Gasteiger partial charge is 0.478 e. The molecule has 0 aromatic rings. The van der Waals surface area contributed by atoms with Crippen LogP contribution in [0.5, 0.6) is 0 Å². The molecule has 1 spiro atoms. The van der Waals surface area contributed by atoms with Gasteiger partial charge in [-0.05, 0) is 49.4 Å². The molecular formula is C17H27N3O2. The number of rotatable bonds is 3. The molecule has 3 aliphatic rings. The summed E-state index contributed by atoms with van der Waals surface area (Å²) in [6.45, 7) is 5.42. The molecule has 0 radical (unpaired) electrons. The van der Waals surface area contributed by atoms with Gasteiger partial charge in [0.15, 0.2) is 5.96 Å². The number of aliphatic carboxylic acids is 1. The lowest BCUT2D eigenvalue weighted by Gasteiger charge is -2.53. The van der Waals surface area contributed by atoms with E-state index >= 15 is 0 Å². The van der Waals surface area contributed by atoms with Crippen molar-refractivity contribution < 1.29 is 9.90 Å². The van der Waals surface area contributed by atoms with E-state index in [1.807, 2.05) is 0 Å². The molecule has 0 aromatic carbocycles. The molecule has 4 atom stereocenters. The maximum absolute atomic E-state index is 11.6.